The molecule has 1 aliphatic heterocycles. The third-order valence-electron chi connectivity index (χ3n) is 3.12. The summed E-state index contributed by atoms with van der Waals surface area (Å²) in [5, 5.41) is 0.715. The first kappa shape index (κ1) is 14.7. The van der Waals surface area contributed by atoms with Gasteiger partial charge in [-0.15, -0.1) is 0 Å². The molecule has 0 unspecified atom stereocenters. The summed E-state index contributed by atoms with van der Waals surface area (Å²) in [4.78, 5) is 20.2. The third-order valence-corrected chi connectivity index (χ3v) is 3.12. The van der Waals surface area contributed by atoms with Crippen LogP contribution in [0.5, 0.6) is 0 Å². The number of carbonyl (C=O) groups is 1. The number of amides is 1. The molecule has 1 saturated heterocycles. The van der Waals surface area contributed by atoms with E-state index in [0.29, 0.717) is 17.0 Å². The van der Waals surface area contributed by atoms with Gasteiger partial charge in [0.1, 0.15) is 5.92 Å². The fourth-order valence-electron chi connectivity index (χ4n) is 1.90. The predicted octanol–water partition coefficient (Wildman–Crippen LogP) is 2.62. The van der Waals surface area contributed by atoms with Gasteiger partial charge in [0.15, 0.2) is 0 Å². The lowest BCUT2D eigenvalue weighted by atomic mass is 10.0. The Balaban J connectivity index is 2.19. The van der Waals surface area contributed by atoms with Crippen molar-refractivity contribution < 1.29 is 27.2 Å². The van der Waals surface area contributed by atoms with Crippen LogP contribution in [0.3, 0.4) is 0 Å². The summed E-state index contributed by atoms with van der Waals surface area (Å²) in [7, 11) is 0. The fraction of sp³-hybridized carbons (Fsp3) is 0.500. The maximum Gasteiger partial charge on any atom is 0.400 e. The highest BCUT2D eigenvalue weighted by Gasteiger charge is 2.46. The van der Waals surface area contributed by atoms with E-state index in [4.69, 9.17) is 4.84 Å². The van der Waals surface area contributed by atoms with E-state index in [9.17, 15) is 22.4 Å². The van der Waals surface area contributed by atoms with E-state index in [1.54, 1.807) is 0 Å². The Kier molecular flexibility index (Phi) is 3.94. The number of halogens is 4. The van der Waals surface area contributed by atoms with Crippen LogP contribution in [-0.2, 0) is 9.63 Å². The Hall–Kier alpha value is -1.70. The van der Waals surface area contributed by atoms with Crippen molar-refractivity contribution in [2.24, 2.45) is 5.92 Å². The molecule has 0 saturated carbocycles. The normalized spacial score (nSPS) is 21.1. The van der Waals surface area contributed by atoms with Gasteiger partial charge in [0, 0.05) is 12.6 Å². The molecule has 1 aliphatic rings. The van der Waals surface area contributed by atoms with Crippen LogP contribution in [0.15, 0.2) is 18.3 Å². The minimum absolute atomic E-state index is 0.123. The Bertz CT molecular complexity index is 489. The molecular weight excluding hydrogens is 280 g/mol. The van der Waals surface area contributed by atoms with Gasteiger partial charge in [0.2, 0.25) is 5.95 Å². The molecule has 2 rings (SSSR count). The van der Waals surface area contributed by atoms with Crippen molar-refractivity contribution in [1.82, 2.24) is 10.0 Å². The first-order valence-corrected chi connectivity index (χ1v) is 5.95. The lowest BCUT2D eigenvalue weighted by Crippen LogP contribution is -2.40. The van der Waals surface area contributed by atoms with Crippen LogP contribution >= 0.6 is 0 Å². The highest BCUT2D eigenvalue weighted by atomic mass is 19.4. The summed E-state index contributed by atoms with van der Waals surface area (Å²) in [5.74, 6) is -4.02. The van der Waals surface area contributed by atoms with Crippen LogP contribution in [0.2, 0.25) is 0 Å². The fourth-order valence-corrected chi connectivity index (χ4v) is 1.90. The molecule has 0 spiro atoms. The van der Waals surface area contributed by atoms with Crippen molar-refractivity contribution in [2.75, 3.05) is 6.61 Å². The highest BCUT2D eigenvalue weighted by Crippen LogP contribution is 2.35. The van der Waals surface area contributed by atoms with Gasteiger partial charge in [-0.1, -0.05) is 6.07 Å². The summed E-state index contributed by atoms with van der Waals surface area (Å²) < 4.78 is 50.5. The smallest absolute Gasteiger partial charge is 0.272 e. The average molecular weight is 292 g/mol. The standard InChI is InChI=1S/C12H12F4N2O2/c1-7(12(14,15)16)11(19)18-9(4-5-20-18)8-2-3-10(13)17-6-8/h2-3,6-7,9H,4-5H2,1H3/t7-,9-/m0/s1. The van der Waals surface area contributed by atoms with Crippen molar-refractivity contribution in [1.29, 1.82) is 0 Å². The molecule has 4 nitrogen and oxygen atoms in total. The van der Waals surface area contributed by atoms with E-state index in [0.717, 1.165) is 13.0 Å². The van der Waals surface area contributed by atoms with Crippen LogP contribution in [0.4, 0.5) is 17.6 Å². The number of aromatic nitrogens is 1. The molecule has 20 heavy (non-hydrogen) atoms. The minimum Gasteiger partial charge on any atom is -0.272 e. The number of rotatable bonds is 2. The van der Waals surface area contributed by atoms with Gasteiger partial charge in [0.05, 0.1) is 12.6 Å². The second kappa shape index (κ2) is 5.35. The molecule has 1 aromatic heterocycles. The van der Waals surface area contributed by atoms with Crippen LogP contribution in [0.25, 0.3) is 0 Å². The van der Waals surface area contributed by atoms with E-state index in [-0.39, 0.29) is 6.61 Å². The van der Waals surface area contributed by atoms with Crippen LogP contribution in [0.1, 0.15) is 24.9 Å². The SMILES string of the molecule is C[C@@H](C(=O)N1OCC[C@H]1c1ccc(F)nc1)C(F)(F)F. The van der Waals surface area contributed by atoms with Crippen LogP contribution in [0, 0.1) is 11.9 Å². The minimum atomic E-state index is -4.63. The van der Waals surface area contributed by atoms with Crippen molar-refractivity contribution >= 4 is 5.91 Å². The molecule has 1 amide bonds. The van der Waals surface area contributed by atoms with Crippen molar-refractivity contribution in [3.63, 3.8) is 0 Å². The van der Waals surface area contributed by atoms with Gasteiger partial charge in [-0.25, -0.2) is 10.0 Å². The summed E-state index contributed by atoms with van der Waals surface area (Å²) >= 11 is 0. The highest BCUT2D eigenvalue weighted by molar-refractivity contribution is 5.78. The molecule has 8 heteroatoms. The monoisotopic (exact) mass is 292 g/mol. The van der Waals surface area contributed by atoms with E-state index < -0.39 is 30.0 Å². The maximum absolute atomic E-state index is 12.7. The van der Waals surface area contributed by atoms with Gasteiger partial charge < -0.3 is 0 Å². The quantitative estimate of drug-likeness (QED) is 0.621. The van der Waals surface area contributed by atoms with Crippen LogP contribution in [-0.4, -0.2) is 28.7 Å². The van der Waals surface area contributed by atoms with Crippen molar-refractivity contribution in [2.45, 2.75) is 25.6 Å². The number of nitrogens with zero attached hydrogens (tertiary/aromatic N) is 2. The number of alkyl halides is 3. The second-order valence-electron chi connectivity index (χ2n) is 4.48. The molecule has 2 atom stereocenters. The van der Waals surface area contributed by atoms with E-state index in [1.165, 1.54) is 12.3 Å². The van der Waals surface area contributed by atoms with Gasteiger partial charge >= 0.3 is 6.18 Å². The zero-order chi connectivity index (χ0) is 14.9. The van der Waals surface area contributed by atoms with Gasteiger partial charge in [-0.05, 0) is 18.6 Å². The molecule has 1 fully saturated rings. The lowest BCUT2D eigenvalue weighted by Gasteiger charge is -2.26. The van der Waals surface area contributed by atoms with Crippen molar-refractivity contribution in [3.8, 4) is 0 Å². The molecule has 1 aromatic rings. The van der Waals surface area contributed by atoms with E-state index in [2.05, 4.69) is 4.98 Å². The predicted molar refractivity (Wildman–Crippen MR) is 59.6 cm³/mol. The van der Waals surface area contributed by atoms with Gasteiger partial charge in [-0.3, -0.25) is 9.63 Å². The summed E-state index contributed by atoms with van der Waals surface area (Å²) in [6, 6.07) is 1.78. The zero-order valence-electron chi connectivity index (χ0n) is 10.5. The van der Waals surface area contributed by atoms with E-state index >= 15 is 0 Å². The maximum atomic E-state index is 12.7. The number of hydroxylamine groups is 2. The molecule has 0 aromatic carbocycles. The first-order chi connectivity index (χ1) is 9.30. The largest absolute Gasteiger partial charge is 0.400 e. The molecular formula is C12H12F4N2O2. The van der Waals surface area contributed by atoms with Gasteiger partial charge in [-0.2, -0.15) is 17.6 Å². The van der Waals surface area contributed by atoms with Crippen LogP contribution < -0.4 is 0 Å². The average Bonchev–Trinajstić information content (AvgIpc) is 2.86. The number of hydrogen-bond donors (Lipinski definition) is 0. The van der Waals surface area contributed by atoms with Gasteiger partial charge in [0.25, 0.3) is 5.91 Å². The number of hydrogen-bond acceptors (Lipinski definition) is 3. The lowest BCUT2D eigenvalue weighted by molar-refractivity contribution is -0.213. The number of carbonyl (C=O) groups excluding carboxylic acids is 1. The molecule has 0 radical (unpaired) electrons. The third kappa shape index (κ3) is 2.90. The molecule has 0 bridgehead atoms. The topological polar surface area (TPSA) is 42.4 Å². The second-order valence-corrected chi connectivity index (χ2v) is 4.48. The molecule has 0 aliphatic carbocycles. The Morgan fingerprint density at radius 3 is 2.75 bits per heavy atom. The summed E-state index contributed by atoms with van der Waals surface area (Å²) in [6.07, 6.45) is -3.11. The van der Waals surface area contributed by atoms with Crippen molar-refractivity contribution in [3.05, 3.63) is 29.8 Å². The Labute approximate surface area is 112 Å². The molecule has 2 heterocycles. The first-order valence-electron chi connectivity index (χ1n) is 5.95. The van der Waals surface area contributed by atoms with E-state index in [1.807, 2.05) is 0 Å². The number of pyridine rings is 1. The zero-order valence-corrected chi connectivity index (χ0v) is 10.5. The molecule has 110 valence electrons. The Morgan fingerprint density at radius 2 is 2.20 bits per heavy atom. The molecule has 0 N–H and O–H groups in total. The Morgan fingerprint density at radius 1 is 1.50 bits per heavy atom. The summed E-state index contributed by atoms with van der Waals surface area (Å²) in [5.41, 5.74) is 0.437. The summed E-state index contributed by atoms with van der Waals surface area (Å²) in [6.45, 7) is 0.905.